The van der Waals surface area contributed by atoms with Crippen molar-refractivity contribution in [2.45, 2.75) is 188 Å². The molecule has 0 rings (SSSR count). The Morgan fingerprint density at radius 3 is 1.36 bits per heavy atom. The highest BCUT2D eigenvalue weighted by molar-refractivity contribution is 7.48. The van der Waals surface area contributed by atoms with Gasteiger partial charge in [-0.15, -0.1) is 12.4 Å². The number of carbonyl (C=O) groups is 2. The number of phosphoric acid groups is 1. The van der Waals surface area contributed by atoms with E-state index in [4.69, 9.17) is 23.0 Å². The number of esters is 2. The Balaban J connectivity index is -0.0000110. The van der Waals surface area contributed by atoms with Gasteiger partial charge in [-0.25, -0.2) is 4.57 Å². The van der Waals surface area contributed by atoms with E-state index in [-0.39, 0.29) is 64.6 Å². The molecule has 11 heteroatoms. The van der Waals surface area contributed by atoms with Crippen LogP contribution in [-0.2, 0) is 37.2 Å². The monoisotopic (exact) mass is 759 g/mol. The number of nitrogens with zero attached hydrogens (tertiary/aromatic N) is 1. The molecule has 0 amide bonds. The summed E-state index contributed by atoms with van der Waals surface area (Å²) < 4.78 is 41.5. The zero-order valence-corrected chi connectivity index (χ0v) is 34.4. The lowest BCUT2D eigenvalue weighted by molar-refractivity contribution is -0.870. The Morgan fingerprint density at radius 1 is 0.560 bits per heavy atom. The van der Waals surface area contributed by atoms with Crippen molar-refractivity contribution >= 4 is 32.2 Å². The second kappa shape index (κ2) is 36.6. The minimum atomic E-state index is -3.88. The van der Waals surface area contributed by atoms with Gasteiger partial charge in [0.15, 0.2) is 6.10 Å². The maximum atomic E-state index is 13.2. The van der Waals surface area contributed by atoms with E-state index in [1.807, 2.05) is 21.1 Å². The van der Waals surface area contributed by atoms with Crippen LogP contribution in [0, 0.1) is 0 Å². The largest absolute Gasteiger partial charge is 0.475 e. The Bertz CT molecular complexity index is 811. The number of unbranched alkanes of at least 4 members (excludes halogenated alkanes) is 20. The summed E-state index contributed by atoms with van der Waals surface area (Å²) >= 11 is 0. The van der Waals surface area contributed by atoms with E-state index >= 15 is 0 Å². The first-order valence-electron chi connectivity index (χ1n) is 19.7. The maximum absolute atomic E-state index is 13.2. The Hall–Kier alpha value is -0.700. The van der Waals surface area contributed by atoms with Crippen molar-refractivity contribution in [3.63, 3.8) is 0 Å². The van der Waals surface area contributed by atoms with Gasteiger partial charge in [-0.3, -0.25) is 23.2 Å². The van der Waals surface area contributed by atoms with Gasteiger partial charge in [-0.05, 0) is 19.8 Å². The highest BCUT2D eigenvalue weighted by Crippen LogP contribution is 2.49. The molecule has 0 N–H and O–H groups in total. The molecule has 2 unspecified atom stereocenters. The SMILES string of the molecule is C.CCCCCCCCCCCCCC(=O)OCC(COP(=O)(OCC)OCC[N+](C)(C)C)OC(=O)CCCCCCCCCCCCC.Cl. The lowest BCUT2D eigenvalue weighted by Crippen LogP contribution is -2.37. The Labute approximate surface area is 315 Å². The van der Waals surface area contributed by atoms with Crippen LogP contribution in [0.25, 0.3) is 0 Å². The topological polar surface area (TPSA) is 97.4 Å². The van der Waals surface area contributed by atoms with Crippen LogP contribution < -0.4 is 0 Å². The Kier molecular flexibility index (Phi) is 39.3. The summed E-state index contributed by atoms with van der Waals surface area (Å²) in [5, 5.41) is 0. The quantitative estimate of drug-likeness (QED) is 0.0270. The first kappa shape index (κ1) is 53.7. The van der Waals surface area contributed by atoms with Gasteiger partial charge in [0, 0.05) is 12.8 Å². The molecule has 0 spiro atoms. The number of likely N-dealkylation sites (N-methyl/N-ethyl adjacent to an activating group) is 1. The van der Waals surface area contributed by atoms with E-state index in [0.717, 1.165) is 38.5 Å². The van der Waals surface area contributed by atoms with E-state index in [9.17, 15) is 14.2 Å². The second-order valence-electron chi connectivity index (χ2n) is 14.4. The van der Waals surface area contributed by atoms with Crippen molar-refractivity contribution in [2.24, 2.45) is 0 Å². The minimum Gasteiger partial charge on any atom is -0.462 e. The molecule has 2 atom stereocenters. The summed E-state index contributed by atoms with van der Waals surface area (Å²) in [4.78, 5) is 25.2. The zero-order chi connectivity index (χ0) is 35.8. The molecule has 0 bridgehead atoms. The highest BCUT2D eigenvalue weighted by atomic mass is 35.5. The van der Waals surface area contributed by atoms with Gasteiger partial charge in [-0.2, -0.15) is 0 Å². The van der Waals surface area contributed by atoms with Crippen LogP contribution in [0.2, 0.25) is 0 Å². The molecule has 0 aliphatic carbocycles. The lowest BCUT2D eigenvalue weighted by atomic mass is 10.1. The zero-order valence-electron chi connectivity index (χ0n) is 32.7. The fraction of sp³-hybridized carbons (Fsp3) is 0.949. The lowest BCUT2D eigenvalue weighted by Gasteiger charge is -2.25. The van der Waals surface area contributed by atoms with Crippen molar-refractivity contribution < 1.29 is 41.7 Å². The van der Waals surface area contributed by atoms with Crippen molar-refractivity contribution in [1.82, 2.24) is 0 Å². The summed E-state index contributed by atoms with van der Waals surface area (Å²) in [7, 11) is 2.14. The predicted molar refractivity (Wildman–Crippen MR) is 211 cm³/mol. The molecule has 9 nitrogen and oxygen atoms in total. The smallest absolute Gasteiger partial charge is 0.462 e. The molecule has 50 heavy (non-hydrogen) atoms. The molecular formula is C39H82ClNO8P+. The van der Waals surface area contributed by atoms with Crippen LogP contribution in [0.5, 0.6) is 0 Å². The number of hydrogen-bond acceptors (Lipinski definition) is 8. The van der Waals surface area contributed by atoms with Crippen LogP contribution in [0.1, 0.15) is 182 Å². The van der Waals surface area contributed by atoms with Crippen molar-refractivity contribution in [3.05, 3.63) is 0 Å². The fourth-order valence-corrected chi connectivity index (χ4v) is 6.55. The molecule has 0 radical (unpaired) electrons. The fourth-order valence-electron chi connectivity index (χ4n) is 5.36. The molecule has 0 fully saturated rings. The first-order chi connectivity index (χ1) is 23.0. The third-order valence-electron chi connectivity index (χ3n) is 8.41. The van der Waals surface area contributed by atoms with Crippen LogP contribution in [0.4, 0.5) is 0 Å². The second-order valence-corrected chi connectivity index (χ2v) is 16.0. The van der Waals surface area contributed by atoms with E-state index in [1.54, 1.807) is 6.92 Å². The van der Waals surface area contributed by atoms with E-state index in [0.29, 0.717) is 17.4 Å². The number of carbonyl (C=O) groups excluding carboxylic acids is 2. The van der Waals surface area contributed by atoms with Gasteiger partial charge < -0.3 is 14.0 Å². The normalized spacial score (nSPS) is 13.2. The third-order valence-corrected chi connectivity index (χ3v) is 9.95. The number of hydrogen-bond donors (Lipinski definition) is 0. The summed E-state index contributed by atoms with van der Waals surface area (Å²) in [6.07, 6.45) is 26.1. The van der Waals surface area contributed by atoms with Crippen LogP contribution >= 0.6 is 20.2 Å². The number of rotatable bonds is 36. The average molecular weight is 760 g/mol. The molecule has 0 aromatic heterocycles. The van der Waals surface area contributed by atoms with Crippen LogP contribution in [0.15, 0.2) is 0 Å². The molecule has 0 aliphatic rings. The highest BCUT2D eigenvalue weighted by Gasteiger charge is 2.30. The molecule has 0 aromatic carbocycles. The molecule has 0 aliphatic heterocycles. The third kappa shape index (κ3) is 37.1. The molecule has 0 saturated heterocycles. The summed E-state index contributed by atoms with van der Waals surface area (Å²) in [5.74, 6) is -0.706. The first-order valence-corrected chi connectivity index (χ1v) is 21.2. The predicted octanol–water partition coefficient (Wildman–Crippen LogP) is 11.8. The minimum absolute atomic E-state index is 0. The van der Waals surface area contributed by atoms with Gasteiger partial charge >= 0.3 is 19.8 Å². The molecular weight excluding hydrogens is 677 g/mol. The summed E-state index contributed by atoms with van der Waals surface area (Å²) in [6.45, 7) is 6.70. The summed E-state index contributed by atoms with van der Waals surface area (Å²) in [5.41, 5.74) is 0. The van der Waals surface area contributed by atoms with Gasteiger partial charge in [0.2, 0.25) is 0 Å². The number of quaternary nitrogens is 1. The van der Waals surface area contributed by atoms with Crippen molar-refractivity contribution in [3.8, 4) is 0 Å². The van der Waals surface area contributed by atoms with E-state index in [2.05, 4.69) is 13.8 Å². The Morgan fingerprint density at radius 2 is 0.960 bits per heavy atom. The van der Waals surface area contributed by atoms with Crippen molar-refractivity contribution in [2.75, 3.05) is 54.1 Å². The average Bonchev–Trinajstić information content (AvgIpc) is 3.03. The van der Waals surface area contributed by atoms with Gasteiger partial charge in [0.25, 0.3) is 0 Å². The summed E-state index contributed by atoms with van der Waals surface area (Å²) in [6, 6.07) is 0. The molecule has 0 saturated carbocycles. The van der Waals surface area contributed by atoms with E-state index in [1.165, 1.54) is 103 Å². The van der Waals surface area contributed by atoms with Crippen LogP contribution in [0.3, 0.4) is 0 Å². The number of phosphoric ester groups is 1. The number of ether oxygens (including phenoxy) is 2. The van der Waals surface area contributed by atoms with E-state index < -0.39 is 13.9 Å². The molecule has 302 valence electrons. The standard InChI is InChI=1S/C38H77NO8P.CH4.ClH/c1-7-10-12-14-16-18-20-22-24-26-28-30-37(40)43-34-36(35-46-48(42,44-9-3)45-33-32-39(4,5)6)47-38(41)31-29-27-25-23-21-19-17-15-13-11-8-2;;/h36H,7-35H2,1-6H3;1H4;1H/q+1;;. The number of halogens is 1. The van der Waals surface area contributed by atoms with Gasteiger partial charge in [0.05, 0.1) is 34.4 Å². The molecule has 0 aromatic rings. The maximum Gasteiger partial charge on any atom is 0.475 e. The van der Waals surface area contributed by atoms with Crippen molar-refractivity contribution in [1.29, 1.82) is 0 Å². The van der Waals surface area contributed by atoms with Gasteiger partial charge in [0.1, 0.15) is 19.8 Å². The molecule has 0 heterocycles. The van der Waals surface area contributed by atoms with Crippen LogP contribution in [-0.4, -0.2) is 76.6 Å². The van der Waals surface area contributed by atoms with Gasteiger partial charge in [-0.1, -0.05) is 150 Å².